The van der Waals surface area contributed by atoms with Crippen molar-refractivity contribution in [3.8, 4) is 11.4 Å². The summed E-state index contributed by atoms with van der Waals surface area (Å²) in [6.45, 7) is 32.4. The fourth-order valence-electron chi connectivity index (χ4n) is 10.4. The van der Waals surface area contributed by atoms with Gasteiger partial charge in [0.15, 0.2) is 0 Å². The van der Waals surface area contributed by atoms with Crippen LogP contribution in [0.2, 0.25) is 0 Å². The lowest BCUT2D eigenvalue weighted by Gasteiger charge is -2.36. The first-order valence-electron chi connectivity index (χ1n) is 21.2. The molecule has 59 heavy (non-hydrogen) atoms. The van der Waals surface area contributed by atoms with Gasteiger partial charge in [0.05, 0.1) is 11.0 Å². The van der Waals surface area contributed by atoms with Crippen molar-refractivity contribution in [2.75, 3.05) is 4.90 Å². The summed E-state index contributed by atoms with van der Waals surface area (Å²) in [5.41, 5.74) is 19.6. The zero-order valence-electron chi connectivity index (χ0n) is 36.4. The number of para-hydroxylation sites is 1. The number of hydrogen-bond donors (Lipinski definition) is 0. The molecule has 5 aromatic carbocycles. The number of anilines is 3. The number of hydrogen-bond acceptors (Lipinski definition) is 1. The molecule has 4 heteroatoms. The number of rotatable bonds is 3. The molecule has 0 saturated heterocycles. The second kappa shape index (κ2) is 12.5. The van der Waals surface area contributed by atoms with Crippen LogP contribution < -0.4 is 31.9 Å². The number of aromatic nitrogens is 2. The molecule has 0 amide bonds. The quantitative estimate of drug-likeness (QED) is 0.163. The summed E-state index contributed by atoms with van der Waals surface area (Å²) in [4.78, 5) is 2.42. The van der Waals surface area contributed by atoms with Gasteiger partial charge in [-0.05, 0) is 130 Å². The molecule has 3 nitrogen and oxygen atoms in total. The Bertz CT molecular complexity index is 3150. The van der Waals surface area contributed by atoms with E-state index in [0.717, 1.165) is 22.4 Å². The second-order valence-electron chi connectivity index (χ2n) is 19.6. The Hall–Kier alpha value is -6.00. The molecule has 5 heterocycles. The van der Waals surface area contributed by atoms with Crippen molar-refractivity contribution < 1.29 is 0 Å². The smallest absolute Gasteiger partial charge is 0.252 e. The van der Waals surface area contributed by atoms with Gasteiger partial charge in [0, 0.05) is 60.9 Å². The molecule has 7 aromatic rings. The number of fused-ring (bicyclic) bond motifs is 7. The molecule has 0 aliphatic carbocycles. The third-order valence-electron chi connectivity index (χ3n) is 13.8. The van der Waals surface area contributed by atoms with Gasteiger partial charge in [-0.15, -0.1) is 0 Å². The van der Waals surface area contributed by atoms with E-state index < -0.39 is 0 Å². The van der Waals surface area contributed by atoms with Gasteiger partial charge in [0.1, 0.15) is 0 Å². The van der Waals surface area contributed by atoms with Gasteiger partial charge in [-0.2, -0.15) is 0 Å². The van der Waals surface area contributed by atoms with Crippen LogP contribution in [-0.2, 0) is 10.8 Å². The molecule has 0 unspecified atom stereocenters. The van der Waals surface area contributed by atoms with E-state index >= 15 is 0 Å². The molecule has 0 fully saturated rings. The van der Waals surface area contributed by atoms with Gasteiger partial charge < -0.3 is 14.0 Å². The van der Waals surface area contributed by atoms with Crippen LogP contribution in [0, 0.1) is 12.3 Å². The van der Waals surface area contributed by atoms with Crippen molar-refractivity contribution in [1.82, 2.24) is 9.13 Å². The lowest BCUT2D eigenvalue weighted by Crippen LogP contribution is -2.60. The van der Waals surface area contributed by atoms with Crippen LogP contribution in [0.4, 0.5) is 17.1 Å². The van der Waals surface area contributed by atoms with Gasteiger partial charge in [0.2, 0.25) is 0 Å². The minimum Gasteiger partial charge on any atom is -0.311 e. The summed E-state index contributed by atoms with van der Waals surface area (Å²) in [5, 5.41) is 4.80. The van der Waals surface area contributed by atoms with E-state index in [-0.39, 0.29) is 23.0 Å². The molecular formula is C55H54BN3. The van der Waals surface area contributed by atoms with Gasteiger partial charge in [-0.25, -0.2) is 0 Å². The van der Waals surface area contributed by atoms with Gasteiger partial charge >= 0.3 is 0 Å². The fourth-order valence-corrected chi connectivity index (χ4v) is 10.4. The Morgan fingerprint density at radius 1 is 0.729 bits per heavy atom. The molecule has 292 valence electrons. The van der Waals surface area contributed by atoms with Crippen molar-refractivity contribution in [3.05, 3.63) is 160 Å². The minimum absolute atomic E-state index is 0.0183. The van der Waals surface area contributed by atoms with Crippen molar-refractivity contribution in [3.63, 3.8) is 0 Å². The van der Waals surface area contributed by atoms with Crippen LogP contribution in [0.5, 0.6) is 0 Å². The second-order valence-corrected chi connectivity index (χ2v) is 19.6. The fraction of sp³-hybridized carbons (Fsp3) is 0.236. The zero-order chi connectivity index (χ0) is 41.5. The molecule has 10 rings (SSSR count). The predicted octanol–water partition coefficient (Wildman–Crippen LogP) is 10.8. The predicted molar refractivity (Wildman–Crippen MR) is 257 cm³/mol. The Kier molecular flexibility index (Phi) is 7.90. The van der Waals surface area contributed by atoms with Crippen molar-refractivity contribution in [2.45, 2.75) is 80.1 Å². The molecule has 0 atom stereocenters. The van der Waals surface area contributed by atoms with E-state index in [1.807, 2.05) is 0 Å². The molecule has 0 saturated carbocycles. The summed E-state index contributed by atoms with van der Waals surface area (Å²) >= 11 is 0. The van der Waals surface area contributed by atoms with E-state index in [4.69, 9.17) is 6.58 Å². The Morgan fingerprint density at radius 3 is 2.14 bits per heavy atom. The van der Waals surface area contributed by atoms with E-state index in [2.05, 4.69) is 211 Å². The van der Waals surface area contributed by atoms with Crippen LogP contribution in [0.1, 0.15) is 84.7 Å². The Labute approximate surface area is 350 Å². The average Bonchev–Trinajstić information content (AvgIpc) is 3.65. The summed E-state index contributed by atoms with van der Waals surface area (Å²) in [6.07, 6.45) is 9.20. The molecule has 0 spiro atoms. The van der Waals surface area contributed by atoms with Gasteiger partial charge in [-0.3, -0.25) is 0 Å². The zero-order valence-corrected chi connectivity index (χ0v) is 36.4. The summed E-state index contributed by atoms with van der Waals surface area (Å²) in [7, 11) is 0. The monoisotopic (exact) mass is 767 g/mol. The molecule has 4 bridgehead atoms. The standard InChI is InChI=1S/C55H54BN3/c1-13-35(53(5,6)7)28-43-34(4)57-47-26-23-37(54(8,9)10)29-46(47)56-45-25-24-41-31-49(45)59-48(33(3)42-32-44(43)52(57)50(56)51(42)59)30-36(14-2)55(11,12)38-19-18-22-40(27-38)58(41)39-20-16-15-17-21-39/h13-32H,2,4H2,1,3,5-12H3/b35-13+,36-30+,43-28+. The Morgan fingerprint density at radius 2 is 1.44 bits per heavy atom. The van der Waals surface area contributed by atoms with E-state index in [1.54, 1.807) is 0 Å². The highest BCUT2D eigenvalue weighted by Crippen LogP contribution is 2.44. The highest BCUT2D eigenvalue weighted by Gasteiger charge is 2.42. The van der Waals surface area contributed by atoms with Crippen molar-refractivity contribution in [1.29, 1.82) is 0 Å². The average molecular weight is 768 g/mol. The number of nitrogens with zero attached hydrogens (tertiary/aromatic N) is 3. The maximum absolute atomic E-state index is 4.90. The lowest BCUT2D eigenvalue weighted by molar-refractivity contribution is 0.522. The largest absolute Gasteiger partial charge is 0.311 e. The molecule has 3 aliphatic rings. The number of aryl methyl sites for hydroxylation is 1. The number of benzene rings is 5. The summed E-state index contributed by atoms with van der Waals surface area (Å²) in [6, 6.07) is 36.8. The van der Waals surface area contributed by atoms with E-state index in [0.29, 0.717) is 0 Å². The summed E-state index contributed by atoms with van der Waals surface area (Å²) < 4.78 is 5.09. The minimum atomic E-state index is -0.325. The van der Waals surface area contributed by atoms with Gasteiger partial charge in [-0.1, -0.05) is 129 Å². The first kappa shape index (κ1) is 37.3. The van der Waals surface area contributed by atoms with Crippen LogP contribution in [-0.4, -0.2) is 15.8 Å². The first-order valence-corrected chi connectivity index (χ1v) is 21.2. The van der Waals surface area contributed by atoms with E-state index in [9.17, 15) is 0 Å². The van der Waals surface area contributed by atoms with E-state index in [1.165, 1.54) is 88.3 Å². The molecule has 0 radical (unpaired) electrons. The maximum Gasteiger partial charge on any atom is 0.252 e. The topological polar surface area (TPSA) is 13.1 Å². The van der Waals surface area contributed by atoms with Gasteiger partial charge in [0.25, 0.3) is 6.71 Å². The number of allylic oxidation sites excluding steroid dienone is 4. The first-order chi connectivity index (χ1) is 28.0. The van der Waals surface area contributed by atoms with Crippen LogP contribution in [0.15, 0.2) is 127 Å². The molecule has 2 aromatic heterocycles. The Balaban J connectivity index is 1.44. The maximum atomic E-state index is 4.90. The third kappa shape index (κ3) is 5.21. The van der Waals surface area contributed by atoms with Crippen LogP contribution in [0.25, 0.3) is 51.9 Å². The lowest BCUT2D eigenvalue weighted by atomic mass is 9.34. The summed E-state index contributed by atoms with van der Waals surface area (Å²) in [5.74, 6) is 0. The molecular weight excluding hydrogens is 713 g/mol. The molecule has 0 N–H and O–H groups in total. The normalized spacial score (nSPS) is 16.7. The highest BCUT2D eigenvalue weighted by molar-refractivity contribution is 7.00. The van der Waals surface area contributed by atoms with Crippen LogP contribution >= 0.6 is 0 Å². The highest BCUT2D eigenvalue weighted by atomic mass is 15.1. The molecule has 3 aliphatic heterocycles. The third-order valence-corrected chi connectivity index (χ3v) is 13.8. The van der Waals surface area contributed by atoms with Crippen LogP contribution in [0.3, 0.4) is 0 Å². The van der Waals surface area contributed by atoms with Crippen molar-refractivity contribution >= 4 is 80.7 Å². The SMILES string of the molecule is C=C/C1=C\c2c(C)c3cc4/c(=C/C(=C\C)C(C)(C)C)c(=C)n5c4c4c3n2-c2cc(ccc2B4c2cc(C(C)(C)C)ccc2-5)N(c2ccccc2)c2cccc(c2)C1(C)C. The van der Waals surface area contributed by atoms with Crippen molar-refractivity contribution in [2.24, 2.45) is 5.41 Å².